The van der Waals surface area contributed by atoms with Crippen LogP contribution in [0, 0.1) is 6.92 Å². The number of fused-ring (bicyclic) bond motifs is 1. The SMILES string of the molecule is Cc1cn(C2CCN(C(=O)OC(C)(C)C)CC2)c2ncnc(Cl)c12. The summed E-state index contributed by atoms with van der Waals surface area (Å²) < 4.78 is 7.62. The molecule has 0 saturated carbocycles. The van der Waals surface area contributed by atoms with E-state index in [9.17, 15) is 4.79 Å². The Bertz CT molecular complexity index is 758. The van der Waals surface area contributed by atoms with E-state index in [4.69, 9.17) is 16.3 Å². The molecule has 0 aromatic carbocycles. The van der Waals surface area contributed by atoms with Gasteiger partial charge in [0.15, 0.2) is 0 Å². The molecule has 0 spiro atoms. The van der Waals surface area contributed by atoms with Crippen LogP contribution >= 0.6 is 11.6 Å². The van der Waals surface area contributed by atoms with Gasteiger partial charge in [0.05, 0.1) is 5.39 Å². The molecule has 0 atom stereocenters. The quantitative estimate of drug-likeness (QED) is 0.730. The number of nitrogens with zero attached hydrogens (tertiary/aromatic N) is 4. The van der Waals surface area contributed by atoms with Crippen LogP contribution in [0.3, 0.4) is 0 Å². The lowest BCUT2D eigenvalue weighted by Crippen LogP contribution is -2.42. The Kier molecular flexibility index (Phi) is 4.42. The molecule has 3 heterocycles. The molecule has 1 amide bonds. The van der Waals surface area contributed by atoms with Crippen LogP contribution in [-0.2, 0) is 4.74 Å². The molecule has 2 aromatic rings. The number of rotatable bonds is 1. The zero-order chi connectivity index (χ0) is 17.5. The van der Waals surface area contributed by atoms with E-state index in [1.807, 2.05) is 27.7 Å². The van der Waals surface area contributed by atoms with Gasteiger partial charge in [0.25, 0.3) is 0 Å². The van der Waals surface area contributed by atoms with Crippen molar-refractivity contribution in [3.05, 3.63) is 23.2 Å². The molecule has 1 aliphatic rings. The first-order valence-corrected chi connectivity index (χ1v) is 8.59. The highest BCUT2D eigenvalue weighted by Gasteiger charge is 2.28. The molecule has 0 unspecified atom stereocenters. The Balaban J connectivity index is 1.74. The number of likely N-dealkylation sites (tertiary alicyclic amines) is 1. The summed E-state index contributed by atoms with van der Waals surface area (Å²) in [4.78, 5) is 22.4. The van der Waals surface area contributed by atoms with Crippen LogP contribution in [0.1, 0.15) is 45.2 Å². The second-order valence-corrected chi connectivity index (χ2v) is 7.64. The molecule has 1 saturated heterocycles. The molecule has 1 fully saturated rings. The van der Waals surface area contributed by atoms with Gasteiger partial charge in [0, 0.05) is 25.3 Å². The van der Waals surface area contributed by atoms with E-state index in [1.54, 1.807) is 4.90 Å². The highest BCUT2D eigenvalue weighted by molar-refractivity contribution is 6.34. The fourth-order valence-corrected chi connectivity index (χ4v) is 3.43. The lowest BCUT2D eigenvalue weighted by molar-refractivity contribution is 0.0189. The summed E-state index contributed by atoms with van der Waals surface area (Å²) >= 11 is 6.21. The standard InChI is InChI=1S/C17H23ClN4O2/c1-11-9-22(15-13(11)14(18)19-10-20-15)12-5-7-21(8-6-12)16(23)24-17(2,3)4/h9-10,12H,5-8H2,1-4H3. The maximum atomic E-state index is 12.2. The molecular weight excluding hydrogens is 328 g/mol. The summed E-state index contributed by atoms with van der Waals surface area (Å²) in [5.74, 6) is 0. The minimum Gasteiger partial charge on any atom is -0.444 e. The maximum Gasteiger partial charge on any atom is 0.410 e. The molecule has 6 nitrogen and oxygen atoms in total. The number of carbonyl (C=O) groups excluding carboxylic acids is 1. The van der Waals surface area contributed by atoms with Crippen molar-refractivity contribution in [2.75, 3.05) is 13.1 Å². The van der Waals surface area contributed by atoms with Crippen LogP contribution in [0.5, 0.6) is 0 Å². The Morgan fingerprint density at radius 2 is 1.96 bits per heavy atom. The minimum absolute atomic E-state index is 0.236. The van der Waals surface area contributed by atoms with E-state index >= 15 is 0 Å². The van der Waals surface area contributed by atoms with Crippen LogP contribution in [0.25, 0.3) is 11.0 Å². The number of hydrogen-bond donors (Lipinski definition) is 0. The number of amides is 1. The van der Waals surface area contributed by atoms with Crippen molar-refractivity contribution in [2.45, 2.75) is 52.2 Å². The van der Waals surface area contributed by atoms with E-state index in [0.29, 0.717) is 24.3 Å². The van der Waals surface area contributed by atoms with Crippen LogP contribution < -0.4 is 0 Å². The van der Waals surface area contributed by atoms with E-state index in [1.165, 1.54) is 6.33 Å². The third kappa shape index (κ3) is 3.34. The molecule has 0 aliphatic carbocycles. The number of carbonyl (C=O) groups is 1. The summed E-state index contributed by atoms with van der Waals surface area (Å²) in [7, 11) is 0. The Morgan fingerprint density at radius 1 is 1.29 bits per heavy atom. The topological polar surface area (TPSA) is 60.2 Å². The number of aryl methyl sites for hydroxylation is 1. The van der Waals surface area contributed by atoms with Gasteiger partial charge >= 0.3 is 6.09 Å². The number of hydrogen-bond acceptors (Lipinski definition) is 4. The third-order valence-corrected chi connectivity index (χ3v) is 4.55. The lowest BCUT2D eigenvalue weighted by atomic mass is 10.1. The first-order chi connectivity index (χ1) is 11.3. The van der Waals surface area contributed by atoms with Crippen LogP contribution in [0.2, 0.25) is 5.15 Å². The van der Waals surface area contributed by atoms with Gasteiger partial charge in [-0.25, -0.2) is 14.8 Å². The van der Waals surface area contributed by atoms with E-state index in [2.05, 4.69) is 20.7 Å². The number of ether oxygens (including phenoxy) is 1. The predicted octanol–water partition coefficient (Wildman–Crippen LogP) is 3.97. The highest BCUT2D eigenvalue weighted by atomic mass is 35.5. The first kappa shape index (κ1) is 17.0. The van der Waals surface area contributed by atoms with Crippen molar-refractivity contribution in [1.29, 1.82) is 0 Å². The minimum atomic E-state index is -0.463. The Morgan fingerprint density at radius 3 is 2.58 bits per heavy atom. The van der Waals surface area contributed by atoms with Gasteiger partial charge in [-0.2, -0.15) is 0 Å². The molecule has 0 N–H and O–H groups in total. The van der Waals surface area contributed by atoms with Crippen molar-refractivity contribution in [3.8, 4) is 0 Å². The van der Waals surface area contributed by atoms with Crippen molar-refractivity contribution in [3.63, 3.8) is 0 Å². The van der Waals surface area contributed by atoms with E-state index in [-0.39, 0.29) is 6.09 Å². The van der Waals surface area contributed by atoms with Crippen molar-refractivity contribution < 1.29 is 9.53 Å². The van der Waals surface area contributed by atoms with Crippen LogP contribution in [0.15, 0.2) is 12.5 Å². The largest absolute Gasteiger partial charge is 0.444 e. The lowest BCUT2D eigenvalue weighted by Gasteiger charge is -2.34. The van der Waals surface area contributed by atoms with Gasteiger partial charge in [-0.3, -0.25) is 0 Å². The fraction of sp³-hybridized carbons (Fsp3) is 0.588. The molecule has 130 valence electrons. The highest BCUT2D eigenvalue weighted by Crippen LogP contribution is 2.31. The average Bonchev–Trinajstić information content (AvgIpc) is 2.84. The zero-order valence-corrected chi connectivity index (χ0v) is 15.3. The van der Waals surface area contributed by atoms with Crippen LogP contribution in [-0.4, -0.2) is 44.2 Å². The number of halogens is 1. The fourth-order valence-electron chi connectivity index (χ4n) is 3.16. The van der Waals surface area contributed by atoms with Gasteiger partial charge in [0.2, 0.25) is 0 Å². The van der Waals surface area contributed by atoms with E-state index < -0.39 is 5.60 Å². The second-order valence-electron chi connectivity index (χ2n) is 7.28. The molecule has 3 rings (SSSR count). The summed E-state index contributed by atoms with van der Waals surface area (Å²) in [6.07, 6.45) is 5.07. The molecule has 1 aliphatic heterocycles. The van der Waals surface area contributed by atoms with E-state index in [0.717, 1.165) is 29.4 Å². The molecule has 7 heteroatoms. The van der Waals surface area contributed by atoms with Gasteiger partial charge in [-0.05, 0) is 46.1 Å². The Labute approximate surface area is 146 Å². The number of piperidine rings is 1. The van der Waals surface area contributed by atoms with Crippen molar-refractivity contribution >= 4 is 28.7 Å². The molecule has 0 radical (unpaired) electrons. The second kappa shape index (κ2) is 6.24. The molecular formula is C17H23ClN4O2. The predicted molar refractivity (Wildman–Crippen MR) is 93.4 cm³/mol. The normalized spacial score (nSPS) is 16.6. The number of aromatic nitrogens is 3. The molecule has 2 aromatic heterocycles. The molecule has 24 heavy (non-hydrogen) atoms. The molecule has 0 bridgehead atoms. The summed E-state index contributed by atoms with van der Waals surface area (Å²) in [6, 6.07) is 0.297. The van der Waals surface area contributed by atoms with Crippen LogP contribution in [0.4, 0.5) is 4.79 Å². The first-order valence-electron chi connectivity index (χ1n) is 8.22. The van der Waals surface area contributed by atoms with Crippen molar-refractivity contribution in [1.82, 2.24) is 19.4 Å². The van der Waals surface area contributed by atoms with Gasteiger partial charge in [-0.1, -0.05) is 11.6 Å². The maximum absolute atomic E-state index is 12.2. The third-order valence-electron chi connectivity index (χ3n) is 4.26. The summed E-state index contributed by atoms with van der Waals surface area (Å²) in [6.45, 7) is 9.03. The van der Waals surface area contributed by atoms with Gasteiger partial charge in [0.1, 0.15) is 22.7 Å². The Hall–Kier alpha value is -1.82. The zero-order valence-electron chi connectivity index (χ0n) is 14.5. The smallest absolute Gasteiger partial charge is 0.410 e. The van der Waals surface area contributed by atoms with Gasteiger partial charge < -0.3 is 14.2 Å². The summed E-state index contributed by atoms with van der Waals surface area (Å²) in [5, 5.41) is 1.40. The average molecular weight is 351 g/mol. The summed E-state index contributed by atoms with van der Waals surface area (Å²) in [5.41, 5.74) is 1.48. The van der Waals surface area contributed by atoms with Gasteiger partial charge in [-0.15, -0.1) is 0 Å². The monoisotopic (exact) mass is 350 g/mol. The van der Waals surface area contributed by atoms with Crippen molar-refractivity contribution in [2.24, 2.45) is 0 Å².